The normalized spacial score (nSPS) is 12.3. The second-order valence-electron chi connectivity index (χ2n) is 3.20. The zero-order chi connectivity index (χ0) is 11.3. The van der Waals surface area contributed by atoms with Crippen LogP contribution < -0.4 is 10.6 Å². The lowest BCUT2D eigenvalue weighted by atomic mass is 10.2. The Bertz CT molecular complexity index is 321. The van der Waals surface area contributed by atoms with Crippen LogP contribution in [0, 0.1) is 0 Å². The van der Waals surface area contributed by atoms with Crippen molar-refractivity contribution in [3.63, 3.8) is 0 Å². The molecule has 0 amide bonds. The van der Waals surface area contributed by atoms with Gasteiger partial charge in [-0.1, -0.05) is 11.6 Å². The van der Waals surface area contributed by atoms with Crippen molar-refractivity contribution >= 4 is 23.1 Å². The van der Waals surface area contributed by atoms with Gasteiger partial charge in [-0.25, -0.2) is 9.97 Å². The molecule has 1 unspecified atom stereocenters. The molecule has 1 rings (SSSR count). The second kappa shape index (κ2) is 5.72. The number of nitrogens with zero attached hydrogens (tertiary/aromatic N) is 2. The molecular formula is C9H15ClN4O. The van der Waals surface area contributed by atoms with E-state index in [9.17, 15) is 0 Å². The van der Waals surface area contributed by atoms with Crippen LogP contribution in [0.4, 0.5) is 11.5 Å². The van der Waals surface area contributed by atoms with Crippen molar-refractivity contribution in [3.05, 3.63) is 11.5 Å². The molecule has 0 aliphatic carbocycles. The molecule has 3 N–H and O–H groups in total. The maximum atomic E-state index is 8.78. The number of anilines is 2. The molecule has 6 heteroatoms. The average Bonchev–Trinajstić information content (AvgIpc) is 2.18. The minimum Gasteiger partial charge on any atom is -0.396 e. The van der Waals surface area contributed by atoms with Gasteiger partial charge in [-0.3, -0.25) is 0 Å². The molecule has 1 atom stereocenters. The maximum absolute atomic E-state index is 8.78. The number of aliphatic hydroxyl groups excluding tert-OH is 1. The minimum absolute atomic E-state index is 0.132. The third kappa shape index (κ3) is 3.21. The second-order valence-corrected chi connectivity index (χ2v) is 3.55. The van der Waals surface area contributed by atoms with Crippen LogP contribution >= 0.6 is 11.6 Å². The summed E-state index contributed by atoms with van der Waals surface area (Å²) in [5.41, 5.74) is 0.670. The van der Waals surface area contributed by atoms with E-state index in [1.54, 1.807) is 7.05 Å². The van der Waals surface area contributed by atoms with Gasteiger partial charge in [0.05, 0.1) is 0 Å². The molecule has 15 heavy (non-hydrogen) atoms. The fourth-order valence-electron chi connectivity index (χ4n) is 1.19. The molecule has 0 aromatic carbocycles. The van der Waals surface area contributed by atoms with Crippen LogP contribution in [0.2, 0.25) is 5.15 Å². The molecule has 1 aromatic heterocycles. The Morgan fingerprint density at radius 1 is 1.53 bits per heavy atom. The zero-order valence-corrected chi connectivity index (χ0v) is 9.54. The molecule has 0 radical (unpaired) electrons. The van der Waals surface area contributed by atoms with Gasteiger partial charge in [0, 0.05) is 19.7 Å². The number of nitrogens with one attached hydrogen (secondary N) is 2. The zero-order valence-electron chi connectivity index (χ0n) is 8.79. The number of rotatable bonds is 5. The van der Waals surface area contributed by atoms with Gasteiger partial charge in [0.15, 0.2) is 11.0 Å². The summed E-state index contributed by atoms with van der Waals surface area (Å²) in [6.45, 7) is 2.10. The quantitative estimate of drug-likeness (QED) is 0.667. The van der Waals surface area contributed by atoms with Crippen molar-refractivity contribution in [2.45, 2.75) is 19.4 Å². The third-order valence-electron chi connectivity index (χ3n) is 2.00. The molecule has 0 fully saturated rings. The van der Waals surface area contributed by atoms with Crippen LogP contribution in [0.25, 0.3) is 0 Å². The smallest absolute Gasteiger partial charge is 0.157 e. The fourth-order valence-corrected chi connectivity index (χ4v) is 1.42. The highest BCUT2D eigenvalue weighted by molar-refractivity contribution is 6.32. The Hall–Kier alpha value is -1.07. The Kier molecular flexibility index (Phi) is 4.58. The number of halogens is 1. The number of aliphatic hydroxyl groups is 1. The Labute approximate surface area is 93.9 Å². The lowest BCUT2D eigenvalue weighted by Gasteiger charge is -2.16. The van der Waals surface area contributed by atoms with Crippen molar-refractivity contribution in [2.75, 3.05) is 24.3 Å². The molecular weight excluding hydrogens is 216 g/mol. The van der Waals surface area contributed by atoms with E-state index in [1.807, 2.05) is 6.92 Å². The Morgan fingerprint density at radius 3 is 2.87 bits per heavy atom. The molecule has 1 aromatic rings. The van der Waals surface area contributed by atoms with E-state index in [0.717, 1.165) is 0 Å². The van der Waals surface area contributed by atoms with E-state index in [2.05, 4.69) is 20.6 Å². The lowest BCUT2D eigenvalue weighted by Crippen LogP contribution is -2.18. The number of aromatic nitrogens is 2. The van der Waals surface area contributed by atoms with Crippen LogP contribution in [0.3, 0.4) is 0 Å². The Balaban J connectivity index is 2.80. The molecule has 0 saturated carbocycles. The molecule has 1 heterocycles. The summed E-state index contributed by atoms with van der Waals surface area (Å²) < 4.78 is 0. The van der Waals surface area contributed by atoms with Gasteiger partial charge < -0.3 is 15.7 Å². The molecule has 5 nitrogen and oxygen atoms in total. The topological polar surface area (TPSA) is 70.1 Å². The van der Waals surface area contributed by atoms with Crippen LogP contribution in [0.5, 0.6) is 0 Å². The van der Waals surface area contributed by atoms with E-state index in [4.69, 9.17) is 16.7 Å². The van der Waals surface area contributed by atoms with E-state index >= 15 is 0 Å². The van der Waals surface area contributed by atoms with E-state index in [-0.39, 0.29) is 12.6 Å². The molecule has 84 valence electrons. The largest absolute Gasteiger partial charge is 0.396 e. The molecule has 0 aliphatic rings. The van der Waals surface area contributed by atoms with Crippen molar-refractivity contribution in [1.82, 2.24) is 9.97 Å². The summed E-state index contributed by atoms with van der Waals surface area (Å²) in [4.78, 5) is 7.95. The van der Waals surface area contributed by atoms with E-state index in [0.29, 0.717) is 23.1 Å². The van der Waals surface area contributed by atoms with Crippen molar-refractivity contribution < 1.29 is 5.11 Å². The minimum atomic E-state index is 0.132. The van der Waals surface area contributed by atoms with Crippen LogP contribution in [-0.2, 0) is 0 Å². The van der Waals surface area contributed by atoms with Crippen molar-refractivity contribution in [1.29, 1.82) is 0 Å². The fraction of sp³-hybridized carbons (Fsp3) is 0.556. The summed E-state index contributed by atoms with van der Waals surface area (Å²) in [5.74, 6) is 0.651. The summed E-state index contributed by atoms with van der Waals surface area (Å²) in [5, 5.41) is 15.2. The molecule has 0 saturated heterocycles. The highest BCUT2D eigenvalue weighted by Crippen LogP contribution is 2.25. The van der Waals surface area contributed by atoms with E-state index in [1.165, 1.54) is 6.33 Å². The highest BCUT2D eigenvalue weighted by atomic mass is 35.5. The van der Waals surface area contributed by atoms with Gasteiger partial charge >= 0.3 is 0 Å². The van der Waals surface area contributed by atoms with Gasteiger partial charge in [-0.05, 0) is 13.3 Å². The SMILES string of the molecule is CNc1c(Cl)ncnc1NC(C)CCO. The monoisotopic (exact) mass is 230 g/mol. The molecule has 0 aliphatic heterocycles. The lowest BCUT2D eigenvalue weighted by molar-refractivity contribution is 0.282. The first kappa shape index (κ1) is 12.0. The van der Waals surface area contributed by atoms with Gasteiger partial charge in [0.1, 0.15) is 12.0 Å². The van der Waals surface area contributed by atoms with Gasteiger partial charge in [0.2, 0.25) is 0 Å². The molecule has 0 spiro atoms. The third-order valence-corrected chi connectivity index (χ3v) is 2.28. The standard InChI is InChI=1S/C9H15ClN4O/c1-6(3-4-15)14-9-7(11-2)8(10)12-5-13-9/h5-6,11,15H,3-4H2,1-2H3,(H,12,13,14). The summed E-state index contributed by atoms with van der Waals surface area (Å²) in [6.07, 6.45) is 2.06. The van der Waals surface area contributed by atoms with Crippen molar-refractivity contribution in [2.24, 2.45) is 0 Å². The average molecular weight is 231 g/mol. The van der Waals surface area contributed by atoms with Crippen LogP contribution in [0.1, 0.15) is 13.3 Å². The predicted molar refractivity (Wildman–Crippen MR) is 61.4 cm³/mol. The molecule has 0 bridgehead atoms. The summed E-state index contributed by atoms with van der Waals surface area (Å²) in [6, 6.07) is 0.132. The first-order valence-corrected chi connectivity index (χ1v) is 5.12. The van der Waals surface area contributed by atoms with Gasteiger partial charge in [0.25, 0.3) is 0 Å². The van der Waals surface area contributed by atoms with E-state index < -0.39 is 0 Å². The Morgan fingerprint density at radius 2 is 2.27 bits per heavy atom. The summed E-state index contributed by atoms with van der Waals surface area (Å²) >= 11 is 5.89. The van der Waals surface area contributed by atoms with Crippen LogP contribution in [0.15, 0.2) is 6.33 Å². The number of hydrogen-bond donors (Lipinski definition) is 3. The predicted octanol–water partition coefficient (Wildman–Crippen LogP) is 1.35. The first-order chi connectivity index (χ1) is 7.19. The van der Waals surface area contributed by atoms with Crippen LogP contribution in [-0.4, -0.2) is 34.8 Å². The highest BCUT2D eigenvalue weighted by Gasteiger charge is 2.10. The first-order valence-electron chi connectivity index (χ1n) is 4.74. The van der Waals surface area contributed by atoms with Crippen molar-refractivity contribution in [3.8, 4) is 0 Å². The summed E-state index contributed by atoms with van der Waals surface area (Å²) in [7, 11) is 1.76. The van der Waals surface area contributed by atoms with Gasteiger partial charge in [-0.15, -0.1) is 0 Å². The number of hydrogen-bond acceptors (Lipinski definition) is 5. The van der Waals surface area contributed by atoms with Gasteiger partial charge in [-0.2, -0.15) is 0 Å². The maximum Gasteiger partial charge on any atom is 0.157 e.